The topological polar surface area (TPSA) is 92.7 Å². The first-order valence-electron chi connectivity index (χ1n) is 12.0. The number of aryl methyl sites for hydroxylation is 1. The maximum atomic E-state index is 14.3. The van der Waals surface area contributed by atoms with Gasteiger partial charge >= 0.3 is 0 Å². The lowest BCUT2D eigenvalue weighted by Gasteiger charge is -2.24. The van der Waals surface area contributed by atoms with Crippen molar-refractivity contribution in [1.29, 1.82) is 0 Å². The summed E-state index contributed by atoms with van der Waals surface area (Å²) >= 11 is 8.74. The number of para-hydroxylation sites is 1. The Morgan fingerprint density at radius 1 is 1.03 bits per heavy atom. The average molecular weight is 540 g/mol. The van der Waals surface area contributed by atoms with Crippen LogP contribution in [-0.2, 0) is 0 Å². The lowest BCUT2D eigenvalue weighted by atomic mass is 10.0. The van der Waals surface area contributed by atoms with Gasteiger partial charge in [0.15, 0.2) is 5.43 Å². The van der Waals surface area contributed by atoms with Crippen LogP contribution in [0, 0.1) is 6.92 Å². The number of fused-ring (bicyclic) bond motifs is 2. The molecule has 4 aromatic heterocycles. The van der Waals surface area contributed by atoms with E-state index in [1.165, 1.54) is 12.4 Å². The van der Waals surface area contributed by atoms with Crippen molar-refractivity contribution in [3.8, 4) is 16.1 Å². The number of nitrogens with zero attached hydrogens (tertiary/aromatic N) is 3. The first-order chi connectivity index (χ1) is 18.4. The second-order valence-corrected chi connectivity index (χ2v) is 10.3. The van der Waals surface area contributed by atoms with Gasteiger partial charge in [-0.1, -0.05) is 48.0 Å². The van der Waals surface area contributed by atoms with Gasteiger partial charge in [0.05, 0.1) is 22.1 Å². The summed E-state index contributed by atoms with van der Waals surface area (Å²) < 4.78 is 1.65. The number of thiophene rings is 1. The third-order valence-electron chi connectivity index (χ3n) is 6.51. The standard InChI is InChI=1S/C29H22ClN5O2S/c1-16-13-22(38-14-16)19-9-6-10-20-23(19)29(37)35(18-7-4-3-5-8-18)26(25(20)30)17(2)34-28-24-21(36)11-12-31-27(24)32-15-33-28/h3-15,17H,1-2H3,(H2,31,32,33,34,36)/t17-/m0/s1. The number of aromatic amines is 1. The van der Waals surface area contributed by atoms with Gasteiger partial charge in [0.2, 0.25) is 0 Å². The minimum Gasteiger partial charge on any atom is -0.361 e. The van der Waals surface area contributed by atoms with Crippen LogP contribution < -0.4 is 16.3 Å². The largest absolute Gasteiger partial charge is 0.361 e. The van der Waals surface area contributed by atoms with Crippen molar-refractivity contribution in [2.75, 3.05) is 5.32 Å². The number of halogens is 1. The van der Waals surface area contributed by atoms with E-state index in [4.69, 9.17) is 11.6 Å². The maximum absolute atomic E-state index is 14.3. The van der Waals surface area contributed by atoms with Crippen LogP contribution in [0.15, 0.2) is 88.2 Å². The molecule has 9 heteroatoms. The highest BCUT2D eigenvalue weighted by atomic mass is 35.5. The second kappa shape index (κ2) is 9.55. The smallest absolute Gasteiger partial charge is 0.264 e. The molecule has 7 nitrogen and oxygen atoms in total. The quantitative estimate of drug-likeness (QED) is 0.261. The number of hydrogen-bond acceptors (Lipinski definition) is 6. The number of benzene rings is 2. The fourth-order valence-electron chi connectivity index (χ4n) is 4.81. The molecule has 2 N–H and O–H groups in total. The molecule has 6 aromatic rings. The van der Waals surface area contributed by atoms with Gasteiger partial charge in [-0.2, -0.15) is 0 Å². The van der Waals surface area contributed by atoms with E-state index in [1.807, 2.05) is 62.4 Å². The van der Waals surface area contributed by atoms with E-state index >= 15 is 0 Å². The summed E-state index contributed by atoms with van der Waals surface area (Å²) in [5.74, 6) is 0.357. The van der Waals surface area contributed by atoms with Gasteiger partial charge in [0.25, 0.3) is 5.56 Å². The van der Waals surface area contributed by atoms with Crippen molar-refractivity contribution in [1.82, 2.24) is 19.5 Å². The van der Waals surface area contributed by atoms with Gasteiger partial charge in [-0.3, -0.25) is 14.2 Å². The third kappa shape index (κ3) is 3.98. The van der Waals surface area contributed by atoms with Crippen molar-refractivity contribution >= 4 is 50.6 Å². The molecule has 0 radical (unpaired) electrons. The molecular weight excluding hydrogens is 518 g/mol. The van der Waals surface area contributed by atoms with Crippen molar-refractivity contribution in [3.05, 3.63) is 115 Å². The Hall–Kier alpha value is -4.27. The normalized spacial score (nSPS) is 12.2. The first kappa shape index (κ1) is 24.1. The fraction of sp³-hybridized carbons (Fsp3) is 0.103. The highest BCUT2D eigenvalue weighted by Crippen LogP contribution is 2.38. The number of H-pyrrole nitrogens is 1. The summed E-state index contributed by atoms with van der Waals surface area (Å²) in [6.45, 7) is 3.93. The zero-order valence-electron chi connectivity index (χ0n) is 20.5. The number of nitrogens with one attached hydrogen (secondary N) is 2. The molecule has 38 heavy (non-hydrogen) atoms. The predicted octanol–water partition coefficient (Wildman–Crippen LogP) is 6.49. The summed E-state index contributed by atoms with van der Waals surface area (Å²) in [5.41, 5.74) is 3.27. The van der Waals surface area contributed by atoms with Gasteiger partial charge in [-0.15, -0.1) is 11.3 Å². The Morgan fingerprint density at radius 2 is 1.84 bits per heavy atom. The van der Waals surface area contributed by atoms with E-state index in [0.29, 0.717) is 44.0 Å². The lowest BCUT2D eigenvalue weighted by molar-refractivity contribution is 0.774. The molecule has 4 heterocycles. The highest BCUT2D eigenvalue weighted by molar-refractivity contribution is 7.13. The molecule has 0 fully saturated rings. The van der Waals surface area contributed by atoms with Crippen LogP contribution in [0.1, 0.15) is 24.2 Å². The molecule has 0 amide bonds. The Labute approximate surface area is 226 Å². The number of rotatable bonds is 5. The summed E-state index contributed by atoms with van der Waals surface area (Å²) in [4.78, 5) is 39.5. The number of anilines is 1. The summed E-state index contributed by atoms with van der Waals surface area (Å²) in [6.07, 6.45) is 2.93. The number of aromatic nitrogens is 4. The van der Waals surface area contributed by atoms with E-state index in [9.17, 15) is 9.59 Å². The van der Waals surface area contributed by atoms with Crippen LogP contribution in [0.2, 0.25) is 5.02 Å². The van der Waals surface area contributed by atoms with Gasteiger partial charge in [-0.05, 0) is 43.0 Å². The Balaban J connectivity index is 1.62. The first-order valence-corrected chi connectivity index (χ1v) is 13.3. The fourth-order valence-corrected chi connectivity index (χ4v) is 6.15. The Morgan fingerprint density at radius 3 is 2.61 bits per heavy atom. The minimum absolute atomic E-state index is 0.175. The van der Waals surface area contributed by atoms with Crippen molar-refractivity contribution in [2.45, 2.75) is 19.9 Å². The van der Waals surface area contributed by atoms with E-state index in [2.05, 4.69) is 31.7 Å². The van der Waals surface area contributed by atoms with Crippen LogP contribution in [0.4, 0.5) is 5.82 Å². The summed E-state index contributed by atoms with van der Waals surface area (Å²) in [7, 11) is 0. The number of hydrogen-bond donors (Lipinski definition) is 2. The lowest BCUT2D eigenvalue weighted by Crippen LogP contribution is -2.27. The van der Waals surface area contributed by atoms with Crippen LogP contribution in [0.25, 0.3) is 37.9 Å². The molecule has 0 aliphatic rings. The zero-order chi connectivity index (χ0) is 26.4. The van der Waals surface area contributed by atoms with Crippen molar-refractivity contribution < 1.29 is 0 Å². The summed E-state index contributed by atoms with van der Waals surface area (Å²) in [6, 6.07) is 18.2. The Bertz CT molecular complexity index is 1940. The molecule has 0 unspecified atom stereocenters. The molecule has 0 spiro atoms. The zero-order valence-corrected chi connectivity index (χ0v) is 22.1. The van der Waals surface area contributed by atoms with Gasteiger partial charge in [0.1, 0.15) is 23.2 Å². The molecule has 2 aromatic carbocycles. The van der Waals surface area contributed by atoms with Crippen LogP contribution >= 0.6 is 22.9 Å². The predicted molar refractivity (Wildman–Crippen MR) is 155 cm³/mol. The van der Waals surface area contributed by atoms with Crippen LogP contribution in [0.3, 0.4) is 0 Å². The van der Waals surface area contributed by atoms with E-state index < -0.39 is 6.04 Å². The third-order valence-corrected chi connectivity index (χ3v) is 7.98. The van der Waals surface area contributed by atoms with Crippen LogP contribution in [0.5, 0.6) is 0 Å². The average Bonchev–Trinajstić information content (AvgIpc) is 3.36. The van der Waals surface area contributed by atoms with E-state index in [1.54, 1.807) is 22.1 Å². The molecule has 0 saturated carbocycles. The molecule has 0 saturated heterocycles. The number of pyridine rings is 2. The summed E-state index contributed by atoms with van der Waals surface area (Å²) in [5, 5.41) is 7.40. The van der Waals surface area contributed by atoms with Crippen molar-refractivity contribution in [2.24, 2.45) is 0 Å². The van der Waals surface area contributed by atoms with Gasteiger partial charge in [0, 0.05) is 33.8 Å². The van der Waals surface area contributed by atoms with Crippen LogP contribution in [-0.4, -0.2) is 19.5 Å². The van der Waals surface area contributed by atoms with Crippen molar-refractivity contribution in [3.63, 3.8) is 0 Å². The molecule has 188 valence electrons. The molecule has 0 aliphatic carbocycles. The molecular formula is C29H22ClN5O2S. The molecule has 0 bridgehead atoms. The SMILES string of the molecule is Cc1csc(-c2cccc3c(Cl)c([C@H](C)Nc4ncnc5[nH]ccc(=O)c45)n(-c4ccccc4)c(=O)c23)c1. The molecule has 6 rings (SSSR count). The Kier molecular flexibility index (Phi) is 6.06. The van der Waals surface area contributed by atoms with Gasteiger partial charge in [-0.25, -0.2) is 9.97 Å². The van der Waals surface area contributed by atoms with Gasteiger partial charge < -0.3 is 10.3 Å². The highest BCUT2D eigenvalue weighted by Gasteiger charge is 2.24. The minimum atomic E-state index is -0.495. The molecule has 1 atom stereocenters. The van der Waals surface area contributed by atoms with E-state index in [0.717, 1.165) is 16.0 Å². The maximum Gasteiger partial charge on any atom is 0.264 e. The monoisotopic (exact) mass is 539 g/mol. The second-order valence-electron chi connectivity index (χ2n) is 9.05. The van der Waals surface area contributed by atoms with E-state index in [-0.39, 0.29) is 11.0 Å². The molecule has 0 aliphatic heterocycles.